The molecule has 1 unspecified atom stereocenters. The summed E-state index contributed by atoms with van der Waals surface area (Å²) < 4.78 is 38.1. The zero-order chi connectivity index (χ0) is 16.9. The van der Waals surface area contributed by atoms with E-state index < -0.39 is 15.7 Å². The molecule has 0 aromatic heterocycles. The number of likely N-dealkylation sites (tertiary alicyclic amines) is 1. The third kappa shape index (κ3) is 4.67. The molecule has 1 aliphatic rings. The van der Waals surface area contributed by atoms with Crippen LogP contribution in [0.3, 0.4) is 0 Å². The summed E-state index contributed by atoms with van der Waals surface area (Å²) in [5, 5.41) is 3.08. The maximum Gasteiger partial charge on any atom is 0.193 e. The first-order chi connectivity index (χ1) is 10.9. The van der Waals surface area contributed by atoms with E-state index in [-0.39, 0.29) is 17.2 Å². The minimum Gasteiger partial charge on any atom is -0.355 e. The summed E-state index contributed by atoms with van der Waals surface area (Å²) in [5.74, 6) is 0.433. The van der Waals surface area contributed by atoms with Gasteiger partial charge in [0.15, 0.2) is 15.8 Å². The molecule has 0 aliphatic carbocycles. The molecule has 0 bridgehead atoms. The molecule has 1 heterocycles. The highest BCUT2D eigenvalue weighted by Crippen LogP contribution is 2.16. The molecular formula is C16H24FN3O2S. The number of piperidine rings is 1. The number of hydrogen-bond donors (Lipinski definition) is 1. The largest absolute Gasteiger partial charge is 0.355 e. The Morgan fingerprint density at radius 3 is 2.83 bits per heavy atom. The number of sulfone groups is 1. The van der Waals surface area contributed by atoms with E-state index in [0.717, 1.165) is 25.6 Å². The summed E-state index contributed by atoms with van der Waals surface area (Å²) in [6.07, 6.45) is 2.31. The van der Waals surface area contributed by atoms with Crippen molar-refractivity contribution >= 4 is 15.8 Å². The summed E-state index contributed by atoms with van der Waals surface area (Å²) in [6.45, 7) is 4.24. The molecule has 1 N–H and O–H groups in total. The maximum absolute atomic E-state index is 13.6. The maximum atomic E-state index is 13.6. The van der Waals surface area contributed by atoms with Crippen molar-refractivity contribution in [2.75, 3.05) is 32.4 Å². The van der Waals surface area contributed by atoms with E-state index in [2.05, 4.69) is 22.1 Å². The molecule has 1 aromatic rings. The van der Waals surface area contributed by atoms with Crippen LogP contribution in [0, 0.1) is 11.7 Å². The standard InChI is InChI=1S/C16H24FN3O2S/c1-13-6-5-10-20(12-13)16(18-2)19-9-11-23(21,22)15-8-4-3-7-14(15)17/h3-4,7-8,13H,5-6,9-12H2,1-2H3,(H,18,19). The molecule has 128 valence electrons. The third-order valence-corrected chi connectivity index (χ3v) is 5.74. The molecule has 7 heteroatoms. The van der Waals surface area contributed by atoms with Gasteiger partial charge in [0.05, 0.1) is 5.75 Å². The molecule has 1 aliphatic heterocycles. The molecule has 23 heavy (non-hydrogen) atoms. The van der Waals surface area contributed by atoms with Crippen LogP contribution in [0.25, 0.3) is 0 Å². The van der Waals surface area contributed by atoms with Crippen LogP contribution in [0.5, 0.6) is 0 Å². The number of guanidine groups is 1. The van der Waals surface area contributed by atoms with Gasteiger partial charge in [-0.2, -0.15) is 0 Å². The van der Waals surface area contributed by atoms with Gasteiger partial charge in [0.2, 0.25) is 0 Å². The van der Waals surface area contributed by atoms with Crippen LogP contribution in [-0.4, -0.2) is 51.7 Å². The second-order valence-corrected chi connectivity index (χ2v) is 7.99. The van der Waals surface area contributed by atoms with E-state index in [1.165, 1.54) is 24.6 Å². The molecule has 1 fully saturated rings. The van der Waals surface area contributed by atoms with Gasteiger partial charge < -0.3 is 10.2 Å². The van der Waals surface area contributed by atoms with E-state index in [1.54, 1.807) is 7.05 Å². The zero-order valence-electron chi connectivity index (χ0n) is 13.6. The molecule has 5 nitrogen and oxygen atoms in total. The van der Waals surface area contributed by atoms with Gasteiger partial charge in [-0.3, -0.25) is 4.99 Å². The summed E-state index contributed by atoms with van der Waals surface area (Å²) in [5.41, 5.74) is 0. The Balaban J connectivity index is 1.94. The predicted molar refractivity (Wildman–Crippen MR) is 89.8 cm³/mol. The third-order valence-electron chi connectivity index (χ3n) is 3.99. The van der Waals surface area contributed by atoms with Crippen LogP contribution < -0.4 is 5.32 Å². The van der Waals surface area contributed by atoms with Crippen LogP contribution >= 0.6 is 0 Å². The zero-order valence-corrected chi connectivity index (χ0v) is 14.4. The Labute approximate surface area is 137 Å². The quantitative estimate of drug-likeness (QED) is 0.671. The predicted octanol–water partition coefficient (Wildman–Crippen LogP) is 1.91. The number of nitrogens with one attached hydrogen (secondary N) is 1. The molecule has 0 spiro atoms. The highest BCUT2D eigenvalue weighted by atomic mass is 32.2. The molecule has 1 aromatic carbocycles. The number of nitrogens with zero attached hydrogens (tertiary/aromatic N) is 2. The van der Waals surface area contributed by atoms with Crippen molar-refractivity contribution in [3.8, 4) is 0 Å². The molecule has 0 radical (unpaired) electrons. The first kappa shape index (κ1) is 17.7. The fourth-order valence-corrected chi connectivity index (χ4v) is 4.06. The van der Waals surface area contributed by atoms with E-state index in [9.17, 15) is 12.8 Å². The first-order valence-electron chi connectivity index (χ1n) is 7.87. The van der Waals surface area contributed by atoms with Gasteiger partial charge in [-0.1, -0.05) is 19.1 Å². The molecular weight excluding hydrogens is 317 g/mol. The lowest BCUT2D eigenvalue weighted by Crippen LogP contribution is -2.47. The lowest BCUT2D eigenvalue weighted by Gasteiger charge is -2.33. The highest BCUT2D eigenvalue weighted by molar-refractivity contribution is 7.91. The molecule has 1 saturated heterocycles. The highest BCUT2D eigenvalue weighted by Gasteiger charge is 2.21. The van der Waals surface area contributed by atoms with Gasteiger partial charge in [0, 0.05) is 26.7 Å². The average molecular weight is 341 g/mol. The van der Waals surface area contributed by atoms with Crippen molar-refractivity contribution in [2.45, 2.75) is 24.7 Å². The Kier molecular flexibility index (Phi) is 5.98. The van der Waals surface area contributed by atoms with Crippen molar-refractivity contribution in [1.82, 2.24) is 10.2 Å². The topological polar surface area (TPSA) is 61.8 Å². The van der Waals surface area contributed by atoms with Crippen molar-refractivity contribution in [1.29, 1.82) is 0 Å². The van der Waals surface area contributed by atoms with Gasteiger partial charge in [-0.25, -0.2) is 12.8 Å². The van der Waals surface area contributed by atoms with Crippen LogP contribution in [0.4, 0.5) is 4.39 Å². The van der Waals surface area contributed by atoms with E-state index >= 15 is 0 Å². The molecule has 0 amide bonds. The summed E-state index contributed by atoms with van der Waals surface area (Å²) in [7, 11) is -1.96. The Bertz CT molecular complexity index is 661. The number of rotatable bonds is 4. The summed E-state index contributed by atoms with van der Waals surface area (Å²) in [6, 6.07) is 5.46. The Hall–Kier alpha value is -1.63. The van der Waals surface area contributed by atoms with Gasteiger partial charge in [-0.15, -0.1) is 0 Å². The van der Waals surface area contributed by atoms with Gasteiger partial charge in [0.1, 0.15) is 10.7 Å². The normalized spacial score (nSPS) is 19.7. The van der Waals surface area contributed by atoms with Crippen LogP contribution in [0.1, 0.15) is 19.8 Å². The Morgan fingerprint density at radius 1 is 1.43 bits per heavy atom. The van der Waals surface area contributed by atoms with Crippen molar-refractivity contribution in [2.24, 2.45) is 10.9 Å². The lowest BCUT2D eigenvalue weighted by atomic mass is 10.0. The fourth-order valence-electron chi connectivity index (χ4n) is 2.82. The minimum atomic E-state index is -3.65. The second-order valence-electron chi connectivity index (χ2n) is 5.92. The van der Waals surface area contributed by atoms with E-state index in [1.807, 2.05) is 0 Å². The second kappa shape index (κ2) is 7.77. The SMILES string of the molecule is CN=C(NCCS(=O)(=O)c1ccccc1F)N1CCCC(C)C1. The van der Waals surface area contributed by atoms with Crippen molar-refractivity contribution < 1.29 is 12.8 Å². The molecule has 0 saturated carbocycles. The molecule has 1 atom stereocenters. The van der Waals surface area contributed by atoms with Crippen molar-refractivity contribution in [3.63, 3.8) is 0 Å². The number of hydrogen-bond acceptors (Lipinski definition) is 3. The van der Waals surface area contributed by atoms with Crippen LogP contribution in [0.15, 0.2) is 34.2 Å². The smallest absolute Gasteiger partial charge is 0.193 e. The number of halogens is 1. The van der Waals surface area contributed by atoms with Crippen molar-refractivity contribution in [3.05, 3.63) is 30.1 Å². The molecule has 2 rings (SSSR count). The van der Waals surface area contributed by atoms with E-state index in [0.29, 0.717) is 11.9 Å². The number of aliphatic imine (C=N–C) groups is 1. The van der Waals surface area contributed by atoms with Gasteiger partial charge >= 0.3 is 0 Å². The number of benzene rings is 1. The van der Waals surface area contributed by atoms with Gasteiger partial charge in [0.25, 0.3) is 0 Å². The minimum absolute atomic E-state index is 0.170. The average Bonchev–Trinajstić information content (AvgIpc) is 2.52. The van der Waals surface area contributed by atoms with Gasteiger partial charge in [-0.05, 0) is 30.9 Å². The summed E-state index contributed by atoms with van der Waals surface area (Å²) in [4.78, 5) is 6.11. The van der Waals surface area contributed by atoms with Crippen LogP contribution in [-0.2, 0) is 9.84 Å². The fraction of sp³-hybridized carbons (Fsp3) is 0.562. The first-order valence-corrected chi connectivity index (χ1v) is 9.52. The Morgan fingerprint density at radius 2 is 2.17 bits per heavy atom. The monoisotopic (exact) mass is 341 g/mol. The summed E-state index contributed by atoms with van der Waals surface area (Å²) >= 11 is 0. The van der Waals surface area contributed by atoms with E-state index in [4.69, 9.17) is 0 Å². The van der Waals surface area contributed by atoms with Crippen LogP contribution in [0.2, 0.25) is 0 Å². The lowest BCUT2D eigenvalue weighted by molar-refractivity contribution is 0.266.